The van der Waals surface area contributed by atoms with Crippen molar-refractivity contribution in [3.63, 3.8) is 0 Å². The molecule has 1 fully saturated rings. The predicted octanol–water partition coefficient (Wildman–Crippen LogP) is 1.93. The first kappa shape index (κ1) is 6.14. The number of hydrogen-bond donors (Lipinski definition) is 0. The second kappa shape index (κ2) is 2.22. The number of rotatable bonds is 0. The summed E-state index contributed by atoms with van der Waals surface area (Å²) in [6, 6.07) is 0. The first-order chi connectivity index (χ1) is 4.88. The Kier molecular flexibility index (Phi) is 1.37. The number of carbonyl (C=O) groups excluding carboxylic acids is 1. The lowest BCUT2D eigenvalue weighted by atomic mass is 9.86. The van der Waals surface area contributed by atoms with Gasteiger partial charge in [0, 0.05) is 12.3 Å². The molecular formula is C9H12O. The number of Topliss-reactive ketones (excluding diaryl/α,β-unsaturated/α-hetero) is 1. The third-order valence-electron chi connectivity index (χ3n) is 2.74. The zero-order valence-corrected chi connectivity index (χ0v) is 6.05. The smallest absolute Gasteiger partial charge is 0.136 e. The van der Waals surface area contributed by atoms with E-state index in [1.807, 2.05) is 0 Å². The maximum absolute atomic E-state index is 11.2. The third-order valence-corrected chi connectivity index (χ3v) is 2.74. The van der Waals surface area contributed by atoms with Gasteiger partial charge >= 0.3 is 0 Å². The van der Waals surface area contributed by atoms with E-state index in [4.69, 9.17) is 0 Å². The zero-order valence-electron chi connectivity index (χ0n) is 6.05. The molecule has 0 aliphatic heterocycles. The molecule has 0 N–H and O–H groups in total. The molecule has 0 heterocycles. The van der Waals surface area contributed by atoms with Crippen LogP contribution in [-0.4, -0.2) is 5.78 Å². The molecular weight excluding hydrogens is 124 g/mol. The Morgan fingerprint density at radius 1 is 1.30 bits per heavy atom. The maximum Gasteiger partial charge on any atom is 0.136 e. The fraction of sp³-hybridized carbons (Fsp3) is 0.667. The summed E-state index contributed by atoms with van der Waals surface area (Å²) < 4.78 is 0. The molecule has 1 saturated carbocycles. The average Bonchev–Trinajstić information content (AvgIpc) is 2.34. The summed E-state index contributed by atoms with van der Waals surface area (Å²) in [5.74, 6) is 1.62. The Morgan fingerprint density at radius 3 is 2.90 bits per heavy atom. The van der Waals surface area contributed by atoms with Crippen LogP contribution in [0.5, 0.6) is 0 Å². The minimum Gasteiger partial charge on any atom is -0.299 e. The van der Waals surface area contributed by atoms with Gasteiger partial charge in [0.05, 0.1) is 0 Å². The van der Waals surface area contributed by atoms with E-state index in [9.17, 15) is 4.79 Å². The van der Waals surface area contributed by atoms with Crippen LogP contribution in [0.3, 0.4) is 0 Å². The molecule has 0 aromatic carbocycles. The van der Waals surface area contributed by atoms with Gasteiger partial charge in [-0.25, -0.2) is 0 Å². The van der Waals surface area contributed by atoms with Gasteiger partial charge in [0.15, 0.2) is 0 Å². The van der Waals surface area contributed by atoms with Crippen molar-refractivity contribution in [1.82, 2.24) is 0 Å². The van der Waals surface area contributed by atoms with Gasteiger partial charge in [-0.1, -0.05) is 12.2 Å². The SMILES string of the molecule is O=C1CC[C@H]2CC=CC[C@@H]12. The van der Waals surface area contributed by atoms with Gasteiger partial charge in [-0.3, -0.25) is 4.79 Å². The third kappa shape index (κ3) is 0.808. The van der Waals surface area contributed by atoms with Crippen molar-refractivity contribution >= 4 is 5.78 Å². The van der Waals surface area contributed by atoms with E-state index in [1.54, 1.807) is 0 Å². The van der Waals surface area contributed by atoms with Crippen LogP contribution >= 0.6 is 0 Å². The molecule has 10 heavy (non-hydrogen) atoms. The molecule has 0 unspecified atom stereocenters. The van der Waals surface area contributed by atoms with Crippen LogP contribution in [0.2, 0.25) is 0 Å². The first-order valence-corrected chi connectivity index (χ1v) is 4.05. The molecule has 1 nitrogen and oxygen atoms in total. The van der Waals surface area contributed by atoms with Crippen molar-refractivity contribution in [3.05, 3.63) is 12.2 Å². The highest BCUT2D eigenvalue weighted by Crippen LogP contribution is 2.36. The predicted molar refractivity (Wildman–Crippen MR) is 39.6 cm³/mol. The van der Waals surface area contributed by atoms with E-state index in [0.717, 1.165) is 25.7 Å². The second-order valence-corrected chi connectivity index (χ2v) is 3.31. The normalized spacial score (nSPS) is 38.2. The topological polar surface area (TPSA) is 17.1 Å². The van der Waals surface area contributed by atoms with Crippen LogP contribution in [0.4, 0.5) is 0 Å². The molecule has 0 aromatic rings. The summed E-state index contributed by atoms with van der Waals surface area (Å²) >= 11 is 0. The molecule has 2 aliphatic rings. The first-order valence-electron chi connectivity index (χ1n) is 4.05. The van der Waals surface area contributed by atoms with Crippen molar-refractivity contribution < 1.29 is 4.79 Å². The highest BCUT2D eigenvalue weighted by Gasteiger charge is 2.33. The molecule has 2 atom stereocenters. The average molecular weight is 136 g/mol. The number of ketones is 1. The molecule has 0 radical (unpaired) electrons. The second-order valence-electron chi connectivity index (χ2n) is 3.31. The Balaban J connectivity index is 2.17. The molecule has 2 rings (SSSR count). The standard InChI is InChI=1S/C9H12O/c10-9-6-5-7-3-1-2-4-8(7)9/h1-2,7-8H,3-6H2/t7-,8-/m1/s1. The van der Waals surface area contributed by atoms with Crippen molar-refractivity contribution in [2.75, 3.05) is 0 Å². The Labute approximate surface area is 61.1 Å². The Hall–Kier alpha value is -0.590. The van der Waals surface area contributed by atoms with Crippen molar-refractivity contribution in [3.8, 4) is 0 Å². The van der Waals surface area contributed by atoms with E-state index in [1.165, 1.54) is 0 Å². The molecule has 0 spiro atoms. The van der Waals surface area contributed by atoms with E-state index >= 15 is 0 Å². The lowest BCUT2D eigenvalue weighted by Crippen LogP contribution is -2.15. The fourth-order valence-corrected chi connectivity index (χ4v) is 2.10. The quantitative estimate of drug-likeness (QED) is 0.465. The van der Waals surface area contributed by atoms with Gasteiger partial charge in [-0.2, -0.15) is 0 Å². The number of hydrogen-bond acceptors (Lipinski definition) is 1. The number of fused-ring (bicyclic) bond motifs is 1. The van der Waals surface area contributed by atoms with E-state index < -0.39 is 0 Å². The molecule has 1 heteroatoms. The highest BCUT2D eigenvalue weighted by atomic mass is 16.1. The number of allylic oxidation sites excluding steroid dienone is 2. The summed E-state index contributed by atoms with van der Waals surface area (Å²) in [5, 5.41) is 0. The van der Waals surface area contributed by atoms with Crippen LogP contribution in [-0.2, 0) is 4.79 Å². The summed E-state index contributed by atoms with van der Waals surface area (Å²) in [6.07, 6.45) is 8.54. The van der Waals surface area contributed by atoms with E-state index in [0.29, 0.717) is 17.6 Å². The Morgan fingerprint density at radius 2 is 2.10 bits per heavy atom. The minimum atomic E-state index is 0.407. The van der Waals surface area contributed by atoms with Crippen LogP contribution in [0.1, 0.15) is 25.7 Å². The Bertz CT molecular complexity index is 181. The van der Waals surface area contributed by atoms with Gasteiger partial charge in [0.1, 0.15) is 5.78 Å². The van der Waals surface area contributed by atoms with Gasteiger partial charge in [0.25, 0.3) is 0 Å². The van der Waals surface area contributed by atoms with Gasteiger partial charge in [-0.05, 0) is 25.2 Å². The monoisotopic (exact) mass is 136 g/mol. The van der Waals surface area contributed by atoms with Gasteiger partial charge in [0.2, 0.25) is 0 Å². The highest BCUT2D eigenvalue weighted by molar-refractivity contribution is 5.83. The zero-order chi connectivity index (χ0) is 6.97. The minimum absolute atomic E-state index is 0.407. The maximum atomic E-state index is 11.2. The molecule has 0 saturated heterocycles. The lowest BCUT2D eigenvalue weighted by Gasteiger charge is -2.18. The van der Waals surface area contributed by atoms with Crippen molar-refractivity contribution in [2.45, 2.75) is 25.7 Å². The van der Waals surface area contributed by atoms with Crippen LogP contribution < -0.4 is 0 Å². The van der Waals surface area contributed by atoms with Crippen molar-refractivity contribution in [2.24, 2.45) is 11.8 Å². The van der Waals surface area contributed by atoms with Crippen molar-refractivity contribution in [1.29, 1.82) is 0 Å². The van der Waals surface area contributed by atoms with Crippen LogP contribution in [0.25, 0.3) is 0 Å². The van der Waals surface area contributed by atoms with E-state index in [-0.39, 0.29) is 0 Å². The molecule has 0 bridgehead atoms. The van der Waals surface area contributed by atoms with Gasteiger partial charge < -0.3 is 0 Å². The summed E-state index contributed by atoms with van der Waals surface area (Å²) in [7, 11) is 0. The summed E-state index contributed by atoms with van der Waals surface area (Å²) in [6.45, 7) is 0. The summed E-state index contributed by atoms with van der Waals surface area (Å²) in [5.41, 5.74) is 0. The molecule has 0 amide bonds. The summed E-state index contributed by atoms with van der Waals surface area (Å²) in [4.78, 5) is 11.2. The van der Waals surface area contributed by atoms with Crippen LogP contribution in [0, 0.1) is 11.8 Å². The fourth-order valence-electron chi connectivity index (χ4n) is 2.10. The molecule has 0 aromatic heterocycles. The lowest BCUT2D eigenvalue weighted by molar-refractivity contribution is -0.121. The van der Waals surface area contributed by atoms with Gasteiger partial charge in [-0.15, -0.1) is 0 Å². The van der Waals surface area contributed by atoms with E-state index in [2.05, 4.69) is 12.2 Å². The number of carbonyl (C=O) groups is 1. The largest absolute Gasteiger partial charge is 0.299 e. The van der Waals surface area contributed by atoms with Crippen LogP contribution in [0.15, 0.2) is 12.2 Å². The molecule has 54 valence electrons. The molecule has 2 aliphatic carbocycles.